The molecule has 5 heteroatoms. The van der Waals surface area contributed by atoms with Crippen LogP contribution in [0.1, 0.15) is 5.56 Å². The van der Waals surface area contributed by atoms with Crippen molar-refractivity contribution in [2.24, 2.45) is 5.16 Å². The number of oxime groups is 1. The monoisotopic (exact) mass is 227 g/mol. The fourth-order valence-corrected chi connectivity index (χ4v) is 1.99. The highest BCUT2D eigenvalue weighted by molar-refractivity contribution is 7.75. The molecule has 1 atom stereocenters. The van der Waals surface area contributed by atoms with E-state index in [-0.39, 0.29) is 5.45 Å². The van der Waals surface area contributed by atoms with Crippen molar-refractivity contribution in [3.05, 3.63) is 35.9 Å². The Morgan fingerprint density at radius 1 is 1.47 bits per heavy atom. The summed E-state index contributed by atoms with van der Waals surface area (Å²) in [6.07, 6.45) is 0.332. The van der Waals surface area contributed by atoms with Crippen molar-refractivity contribution in [3.63, 3.8) is 0 Å². The SMILES string of the molecule is CO[P@@](C)(=O)/C(Cc1ccccc1)=N\O. The summed E-state index contributed by atoms with van der Waals surface area (Å²) in [5, 5.41) is 11.8. The summed E-state index contributed by atoms with van der Waals surface area (Å²) in [4.78, 5) is 0. The molecule has 1 rings (SSSR count). The molecule has 0 heterocycles. The topological polar surface area (TPSA) is 58.9 Å². The van der Waals surface area contributed by atoms with Crippen LogP contribution in [0.5, 0.6) is 0 Å². The lowest BCUT2D eigenvalue weighted by Crippen LogP contribution is -2.05. The van der Waals surface area contributed by atoms with E-state index in [2.05, 4.69) is 5.16 Å². The predicted molar refractivity (Wildman–Crippen MR) is 59.9 cm³/mol. The summed E-state index contributed by atoms with van der Waals surface area (Å²) in [5.74, 6) is 0. The predicted octanol–water partition coefficient (Wildman–Crippen LogP) is 2.57. The average molecular weight is 227 g/mol. The first kappa shape index (κ1) is 12.0. The standard InChI is InChI=1S/C10H14NO3P/c1-14-15(2,13)10(11-12)8-9-6-4-3-5-7-9/h3-7,12H,8H2,1-2H3/b11-10-/t15-/m1/s1. The highest BCUT2D eigenvalue weighted by atomic mass is 31.2. The molecule has 0 aromatic heterocycles. The van der Waals surface area contributed by atoms with Gasteiger partial charge in [0.2, 0.25) is 7.37 Å². The summed E-state index contributed by atoms with van der Waals surface area (Å²) in [5.41, 5.74) is 1.11. The van der Waals surface area contributed by atoms with E-state index >= 15 is 0 Å². The molecule has 0 amide bonds. The molecule has 0 aliphatic rings. The van der Waals surface area contributed by atoms with E-state index in [1.54, 1.807) is 0 Å². The second kappa shape index (κ2) is 5.10. The van der Waals surface area contributed by atoms with E-state index in [1.807, 2.05) is 30.3 Å². The zero-order valence-corrected chi connectivity index (χ0v) is 9.65. The van der Waals surface area contributed by atoms with Crippen LogP contribution in [0.4, 0.5) is 0 Å². The molecule has 0 radical (unpaired) electrons. The van der Waals surface area contributed by atoms with Gasteiger partial charge in [-0.25, -0.2) is 0 Å². The van der Waals surface area contributed by atoms with Crippen LogP contribution in [-0.4, -0.2) is 24.4 Å². The molecule has 0 aliphatic heterocycles. The molecule has 0 aliphatic carbocycles. The van der Waals surface area contributed by atoms with Gasteiger partial charge in [0.15, 0.2) is 0 Å². The Morgan fingerprint density at radius 3 is 2.53 bits per heavy atom. The van der Waals surface area contributed by atoms with Gasteiger partial charge in [0.05, 0.1) is 0 Å². The van der Waals surface area contributed by atoms with Gasteiger partial charge in [-0.1, -0.05) is 35.5 Å². The third-order valence-electron chi connectivity index (χ3n) is 2.14. The third kappa shape index (κ3) is 3.18. The van der Waals surface area contributed by atoms with Gasteiger partial charge >= 0.3 is 0 Å². The van der Waals surface area contributed by atoms with Gasteiger partial charge in [0, 0.05) is 20.2 Å². The molecular formula is C10H14NO3P. The van der Waals surface area contributed by atoms with Crippen LogP contribution < -0.4 is 0 Å². The van der Waals surface area contributed by atoms with Gasteiger partial charge in [-0.05, 0) is 5.56 Å². The largest absolute Gasteiger partial charge is 0.410 e. The van der Waals surface area contributed by atoms with Crippen LogP contribution in [-0.2, 0) is 15.5 Å². The quantitative estimate of drug-likeness (QED) is 0.372. The molecule has 0 saturated heterocycles. The Balaban J connectivity index is 2.86. The zero-order valence-electron chi connectivity index (χ0n) is 8.75. The molecule has 0 bridgehead atoms. The van der Waals surface area contributed by atoms with E-state index in [0.717, 1.165) is 5.56 Å². The lowest BCUT2D eigenvalue weighted by atomic mass is 10.2. The Labute approximate surface area is 89.0 Å². The Hall–Kier alpha value is -1.12. The van der Waals surface area contributed by atoms with Crippen LogP contribution in [0.25, 0.3) is 0 Å². The highest BCUT2D eigenvalue weighted by Gasteiger charge is 2.23. The first-order valence-corrected chi connectivity index (χ1v) is 6.56. The second-order valence-corrected chi connectivity index (χ2v) is 5.78. The third-order valence-corrected chi connectivity index (χ3v) is 4.02. The lowest BCUT2D eigenvalue weighted by Gasteiger charge is -2.11. The molecule has 0 unspecified atom stereocenters. The van der Waals surface area contributed by atoms with Gasteiger partial charge in [-0.15, -0.1) is 0 Å². The number of hydrogen-bond acceptors (Lipinski definition) is 4. The summed E-state index contributed by atoms with van der Waals surface area (Å²) in [7, 11) is -1.60. The number of hydrogen-bond donors (Lipinski definition) is 1. The second-order valence-electron chi connectivity index (χ2n) is 3.21. The first-order valence-electron chi connectivity index (χ1n) is 4.49. The Bertz CT molecular complexity index is 389. The molecule has 1 N–H and O–H groups in total. The highest BCUT2D eigenvalue weighted by Crippen LogP contribution is 2.44. The van der Waals surface area contributed by atoms with Gasteiger partial charge in [0.25, 0.3) is 0 Å². The van der Waals surface area contributed by atoms with E-state index in [0.29, 0.717) is 6.42 Å². The minimum Gasteiger partial charge on any atom is -0.410 e. The van der Waals surface area contributed by atoms with Crippen molar-refractivity contribution in [1.82, 2.24) is 0 Å². The maximum absolute atomic E-state index is 11.8. The minimum atomic E-state index is -2.95. The van der Waals surface area contributed by atoms with Crippen LogP contribution in [0, 0.1) is 0 Å². The van der Waals surface area contributed by atoms with Crippen molar-refractivity contribution in [1.29, 1.82) is 0 Å². The average Bonchev–Trinajstić information content (AvgIpc) is 2.27. The van der Waals surface area contributed by atoms with Gasteiger partial charge in [0.1, 0.15) is 5.45 Å². The van der Waals surface area contributed by atoms with E-state index < -0.39 is 7.37 Å². The van der Waals surface area contributed by atoms with Crippen LogP contribution in [0.15, 0.2) is 35.5 Å². The summed E-state index contributed by atoms with van der Waals surface area (Å²) >= 11 is 0. The van der Waals surface area contributed by atoms with E-state index in [9.17, 15) is 4.57 Å². The molecule has 82 valence electrons. The van der Waals surface area contributed by atoms with Crippen molar-refractivity contribution < 1.29 is 14.3 Å². The smallest absolute Gasteiger partial charge is 0.246 e. The van der Waals surface area contributed by atoms with Crippen molar-refractivity contribution in [2.75, 3.05) is 13.8 Å². The Morgan fingerprint density at radius 2 is 2.07 bits per heavy atom. The summed E-state index contributed by atoms with van der Waals surface area (Å²) < 4.78 is 16.6. The van der Waals surface area contributed by atoms with Crippen molar-refractivity contribution >= 4 is 12.8 Å². The van der Waals surface area contributed by atoms with Gasteiger partial charge in [-0.2, -0.15) is 0 Å². The molecule has 1 aromatic rings. The minimum absolute atomic E-state index is 0.177. The normalized spacial score (nSPS) is 16.0. The van der Waals surface area contributed by atoms with E-state index in [4.69, 9.17) is 9.73 Å². The number of nitrogens with zero attached hydrogens (tertiary/aromatic N) is 1. The first-order chi connectivity index (χ1) is 7.10. The molecule has 4 nitrogen and oxygen atoms in total. The fourth-order valence-electron chi connectivity index (χ4n) is 1.14. The molecular weight excluding hydrogens is 213 g/mol. The summed E-state index contributed by atoms with van der Waals surface area (Å²) in [6.45, 7) is 1.44. The number of benzene rings is 1. The van der Waals surface area contributed by atoms with E-state index in [1.165, 1.54) is 13.8 Å². The van der Waals surface area contributed by atoms with Crippen molar-refractivity contribution in [3.8, 4) is 0 Å². The van der Waals surface area contributed by atoms with Gasteiger partial charge < -0.3 is 9.73 Å². The lowest BCUT2D eigenvalue weighted by molar-refractivity contribution is 0.317. The van der Waals surface area contributed by atoms with Gasteiger partial charge in [-0.3, -0.25) is 4.57 Å². The van der Waals surface area contributed by atoms with Crippen molar-refractivity contribution in [2.45, 2.75) is 6.42 Å². The maximum atomic E-state index is 11.8. The summed E-state index contributed by atoms with van der Waals surface area (Å²) in [6, 6.07) is 9.39. The molecule has 1 aromatic carbocycles. The number of rotatable bonds is 4. The van der Waals surface area contributed by atoms with Crippen LogP contribution in [0.3, 0.4) is 0 Å². The Kier molecular flexibility index (Phi) is 4.06. The molecule has 0 spiro atoms. The molecule has 0 fully saturated rings. The molecule has 0 saturated carbocycles. The van der Waals surface area contributed by atoms with Crippen LogP contribution >= 0.6 is 7.37 Å². The maximum Gasteiger partial charge on any atom is 0.246 e. The fraction of sp³-hybridized carbons (Fsp3) is 0.300. The zero-order chi connectivity index (χ0) is 11.3. The molecule has 15 heavy (non-hydrogen) atoms. The van der Waals surface area contributed by atoms with Crippen LogP contribution in [0.2, 0.25) is 0 Å².